The molecule has 1 fully saturated rings. The maximum Gasteiger partial charge on any atom is 0.0863 e. The molecule has 0 unspecified atom stereocenters. The Hall–Kier alpha value is -0.540. The van der Waals surface area contributed by atoms with Gasteiger partial charge in [0.05, 0.1) is 16.4 Å². The van der Waals surface area contributed by atoms with Gasteiger partial charge in [-0.2, -0.15) is 5.10 Å². The number of nitrogens with one attached hydrogen (secondary N) is 1. The predicted molar refractivity (Wildman–Crippen MR) is 85.0 cm³/mol. The smallest absolute Gasteiger partial charge is 0.0863 e. The summed E-state index contributed by atoms with van der Waals surface area (Å²) in [6, 6.07) is 0. The average Bonchev–Trinajstić information content (AvgIpc) is 2.75. The van der Waals surface area contributed by atoms with Crippen LogP contribution in [0.2, 0.25) is 5.02 Å². The van der Waals surface area contributed by atoms with Crippen LogP contribution in [0.3, 0.4) is 0 Å². The first kappa shape index (κ1) is 15.8. The summed E-state index contributed by atoms with van der Waals surface area (Å²) in [5.41, 5.74) is 2.13. The molecule has 0 amide bonds. The van der Waals surface area contributed by atoms with E-state index < -0.39 is 0 Å². The summed E-state index contributed by atoms with van der Waals surface area (Å²) in [5, 5.41) is 8.88. The van der Waals surface area contributed by atoms with Gasteiger partial charge in [-0.05, 0) is 37.6 Å². The molecule has 0 spiro atoms. The topological polar surface area (TPSA) is 29.9 Å². The Labute approximate surface area is 128 Å². The minimum Gasteiger partial charge on any atom is -0.311 e. The molecule has 0 bridgehead atoms. The van der Waals surface area contributed by atoms with Crippen LogP contribution in [0, 0.1) is 11.8 Å². The van der Waals surface area contributed by atoms with Gasteiger partial charge in [-0.3, -0.25) is 4.68 Å². The van der Waals surface area contributed by atoms with Gasteiger partial charge >= 0.3 is 0 Å². The molecule has 20 heavy (non-hydrogen) atoms. The zero-order valence-corrected chi connectivity index (χ0v) is 13.8. The average molecular weight is 298 g/mol. The van der Waals surface area contributed by atoms with Gasteiger partial charge in [-0.15, -0.1) is 0 Å². The van der Waals surface area contributed by atoms with Crippen molar-refractivity contribution in [1.82, 2.24) is 15.1 Å². The Kier molecular flexibility index (Phi) is 5.91. The third-order valence-corrected chi connectivity index (χ3v) is 5.21. The Bertz CT molecular complexity index is 420. The van der Waals surface area contributed by atoms with Crippen molar-refractivity contribution in [1.29, 1.82) is 0 Å². The van der Waals surface area contributed by atoms with Crippen LogP contribution in [0.4, 0.5) is 0 Å². The predicted octanol–water partition coefficient (Wildman–Crippen LogP) is 3.94. The summed E-state index contributed by atoms with van der Waals surface area (Å²) in [5.74, 6) is 1.82. The highest BCUT2D eigenvalue weighted by atomic mass is 35.5. The van der Waals surface area contributed by atoms with Crippen LogP contribution < -0.4 is 5.32 Å². The summed E-state index contributed by atoms with van der Waals surface area (Å²) in [6.07, 6.45) is 7.83. The van der Waals surface area contributed by atoms with E-state index in [1.807, 2.05) is 11.7 Å². The van der Waals surface area contributed by atoms with Crippen molar-refractivity contribution in [3.05, 3.63) is 16.4 Å². The first-order valence-electron chi connectivity index (χ1n) is 8.06. The Morgan fingerprint density at radius 2 is 1.85 bits per heavy atom. The van der Waals surface area contributed by atoms with Gasteiger partial charge in [0.25, 0.3) is 0 Å². The number of nitrogens with zero attached hydrogens (tertiary/aromatic N) is 2. The lowest BCUT2D eigenvalue weighted by Gasteiger charge is -2.27. The summed E-state index contributed by atoms with van der Waals surface area (Å²) in [6.45, 7) is 6.35. The minimum atomic E-state index is 0.829. The molecular weight excluding hydrogens is 270 g/mol. The van der Waals surface area contributed by atoms with Crippen LogP contribution in [-0.4, -0.2) is 16.3 Å². The van der Waals surface area contributed by atoms with Gasteiger partial charge < -0.3 is 5.32 Å². The second-order valence-corrected chi connectivity index (χ2v) is 6.49. The van der Waals surface area contributed by atoms with Crippen molar-refractivity contribution < 1.29 is 0 Å². The number of rotatable bonds is 6. The van der Waals surface area contributed by atoms with Crippen LogP contribution in [0.25, 0.3) is 0 Å². The van der Waals surface area contributed by atoms with Gasteiger partial charge in [-0.1, -0.05) is 44.7 Å². The molecule has 1 saturated carbocycles. The second kappa shape index (κ2) is 7.46. The number of aryl methyl sites for hydroxylation is 2. The molecule has 0 aromatic carbocycles. The zero-order chi connectivity index (χ0) is 14.5. The van der Waals surface area contributed by atoms with Crippen LogP contribution in [0.15, 0.2) is 0 Å². The quantitative estimate of drug-likeness (QED) is 0.862. The third kappa shape index (κ3) is 3.76. The maximum atomic E-state index is 6.37. The molecule has 0 atom stereocenters. The summed E-state index contributed by atoms with van der Waals surface area (Å²) < 4.78 is 1.92. The zero-order valence-electron chi connectivity index (χ0n) is 13.1. The molecule has 0 saturated heterocycles. The molecule has 3 nitrogen and oxygen atoms in total. The van der Waals surface area contributed by atoms with Crippen molar-refractivity contribution in [3.8, 4) is 0 Å². The van der Waals surface area contributed by atoms with Gasteiger partial charge in [0.2, 0.25) is 0 Å². The normalized spacial score (nSPS) is 23.2. The first-order valence-corrected chi connectivity index (χ1v) is 8.44. The van der Waals surface area contributed by atoms with Crippen LogP contribution in [-0.2, 0) is 20.0 Å². The fourth-order valence-electron chi connectivity index (χ4n) is 3.25. The number of aromatic nitrogens is 2. The summed E-state index contributed by atoms with van der Waals surface area (Å²) in [7, 11) is 1.98. The van der Waals surface area contributed by atoms with Gasteiger partial charge in [0.15, 0.2) is 0 Å². The van der Waals surface area contributed by atoms with E-state index >= 15 is 0 Å². The molecule has 1 aliphatic rings. The van der Waals surface area contributed by atoms with Crippen molar-refractivity contribution in [2.24, 2.45) is 18.9 Å². The fourth-order valence-corrected chi connectivity index (χ4v) is 3.61. The molecule has 0 radical (unpaired) electrons. The molecular formula is C16H28ClN3. The fraction of sp³-hybridized carbons (Fsp3) is 0.812. The van der Waals surface area contributed by atoms with Crippen molar-refractivity contribution in [3.63, 3.8) is 0 Å². The lowest BCUT2D eigenvalue weighted by molar-refractivity contribution is 0.262. The van der Waals surface area contributed by atoms with E-state index in [1.165, 1.54) is 32.1 Å². The van der Waals surface area contributed by atoms with E-state index in [0.717, 1.165) is 47.8 Å². The number of hydrogen-bond acceptors (Lipinski definition) is 2. The van der Waals surface area contributed by atoms with E-state index in [-0.39, 0.29) is 0 Å². The highest BCUT2D eigenvalue weighted by Gasteiger charge is 2.20. The molecule has 114 valence electrons. The summed E-state index contributed by atoms with van der Waals surface area (Å²) in [4.78, 5) is 0. The van der Waals surface area contributed by atoms with Crippen molar-refractivity contribution in [2.75, 3.05) is 6.54 Å². The van der Waals surface area contributed by atoms with E-state index in [9.17, 15) is 0 Å². The molecule has 1 heterocycles. The monoisotopic (exact) mass is 297 g/mol. The number of hydrogen-bond donors (Lipinski definition) is 1. The molecule has 2 rings (SSSR count). The van der Waals surface area contributed by atoms with Crippen LogP contribution >= 0.6 is 11.6 Å². The molecule has 1 aliphatic carbocycles. The lowest BCUT2D eigenvalue weighted by Crippen LogP contribution is -2.26. The Morgan fingerprint density at radius 3 is 2.40 bits per heavy atom. The molecule has 1 N–H and O–H groups in total. The largest absolute Gasteiger partial charge is 0.311 e. The Morgan fingerprint density at radius 1 is 1.20 bits per heavy atom. The molecule has 4 heteroatoms. The standard InChI is InChI=1S/C16H28ClN3/c1-4-12-6-8-13(9-7-12)10-18-11-15-16(17)14(5-2)19-20(15)3/h12-13,18H,4-11H2,1-3H3. The van der Waals surface area contributed by atoms with E-state index in [4.69, 9.17) is 11.6 Å². The number of halogens is 1. The minimum absolute atomic E-state index is 0.829. The molecule has 1 aromatic rings. The second-order valence-electron chi connectivity index (χ2n) is 6.11. The maximum absolute atomic E-state index is 6.37. The first-order chi connectivity index (χ1) is 9.65. The SMILES string of the molecule is CCc1nn(C)c(CNCC2CCC(CC)CC2)c1Cl. The van der Waals surface area contributed by atoms with Crippen molar-refractivity contribution in [2.45, 2.75) is 58.9 Å². The third-order valence-electron chi connectivity index (χ3n) is 4.77. The van der Waals surface area contributed by atoms with Gasteiger partial charge in [0, 0.05) is 13.6 Å². The van der Waals surface area contributed by atoms with Crippen LogP contribution in [0.1, 0.15) is 57.3 Å². The van der Waals surface area contributed by atoms with Crippen LogP contribution in [0.5, 0.6) is 0 Å². The van der Waals surface area contributed by atoms with E-state index in [2.05, 4.69) is 24.3 Å². The van der Waals surface area contributed by atoms with Crippen molar-refractivity contribution >= 4 is 11.6 Å². The van der Waals surface area contributed by atoms with E-state index in [1.54, 1.807) is 0 Å². The Balaban J connectivity index is 1.78. The van der Waals surface area contributed by atoms with E-state index in [0.29, 0.717) is 0 Å². The summed E-state index contributed by atoms with van der Waals surface area (Å²) >= 11 is 6.37. The molecule has 0 aliphatic heterocycles. The van der Waals surface area contributed by atoms with Gasteiger partial charge in [0.1, 0.15) is 0 Å². The highest BCUT2D eigenvalue weighted by molar-refractivity contribution is 6.31. The van der Waals surface area contributed by atoms with Gasteiger partial charge in [-0.25, -0.2) is 0 Å². The molecule has 1 aromatic heterocycles. The lowest BCUT2D eigenvalue weighted by atomic mass is 9.81. The highest BCUT2D eigenvalue weighted by Crippen LogP contribution is 2.30.